The quantitative estimate of drug-likeness (QED) is 0.598. The van der Waals surface area contributed by atoms with E-state index < -0.39 is 0 Å². The van der Waals surface area contributed by atoms with Crippen molar-refractivity contribution in [1.82, 2.24) is 0 Å². The molecule has 0 spiro atoms. The summed E-state index contributed by atoms with van der Waals surface area (Å²) in [5.41, 5.74) is 1.13. The summed E-state index contributed by atoms with van der Waals surface area (Å²) in [6.45, 7) is 0.393. The summed E-state index contributed by atoms with van der Waals surface area (Å²) in [7, 11) is 0. The zero-order chi connectivity index (χ0) is 8.81. The van der Waals surface area contributed by atoms with E-state index in [0.717, 1.165) is 16.5 Å². The number of benzene rings is 1. The first-order chi connectivity index (χ1) is 5.84. The molecule has 1 aromatic rings. The summed E-state index contributed by atoms with van der Waals surface area (Å²) in [4.78, 5) is 0. The largest absolute Gasteiger partial charge is 0.287 e. The topological polar surface area (TPSA) is 9.23 Å². The monoisotopic (exact) mass is 250 g/mol. The molecule has 66 valence electrons. The van der Waals surface area contributed by atoms with Crippen molar-refractivity contribution >= 4 is 28.4 Å². The van der Waals surface area contributed by atoms with E-state index in [2.05, 4.69) is 20.1 Å². The molecule has 12 heavy (non-hydrogen) atoms. The van der Waals surface area contributed by atoms with E-state index >= 15 is 0 Å². The Balaban J connectivity index is 2.46. The second-order valence-electron chi connectivity index (χ2n) is 2.23. The SMILES string of the molecule is FSOCCc1ccccc1Br. The van der Waals surface area contributed by atoms with Crippen LogP contribution in [0.2, 0.25) is 0 Å². The van der Waals surface area contributed by atoms with Crippen LogP contribution in [-0.4, -0.2) is 6.61 Å². The van der Waals surface area contributed by atoms with Crippen LogP contribution in [0.5, 0.6) is 0 Å². The molecule has 0 radical (unpaired) electrons. The van der Waals surface area contributed by atoms with Crippen LogP contribution in [-0.2, 0) is 10.6 Å². The van der Waals surface area contributed by atoms with Crippen LogP contribution >= 0.6 is 28.4 Å². The van der Waals surface area contributed by atoms with Crippen molar-refractivity contribution in [2.75, 3.05) is 6.61 Å². The Morgan fingerprint density at radius 2 is 2.17 bits per heavy atom. The Hall–Kier alpha value is -0.0600. The lowest BCUT2D eigenvalue weighted by Crippen LogP contribution is -1.92. The lowest BCUT2D eigenvalue weighted by Gasteiger charge is -2.01. The number of hydrogen-bond acceptors (Lipinski definition) is 2. The number of hydrogen-bond donors (Lipinski definition) is 0. The maximum absolute atomic E-state index is 11.5. The van der Waals surface area contributed by atoms with Gasteiger partial charge in [0.2, 0.25) is 12.4 Å². The molecule has 1 rings (SSSR count). The van der Waals surface area contributed by atoms with Gasteiger partial charge in [0.25, 0.3) is 0 Å². The van der Waals surface area contributed by atoms with Crippen LogP contribution in [0.25, 0.3) is 0 Å². The number of rotatable bonds is 4. The zero-order valence-electron chi connectivity index (χ0n) is 6.30. The zero-order valence-corrected chi connectivity index (χ0v) is 8.70. The minimum absolute atomic E-state index is 0.0886. The van der Waals surface area contributed by atoms with Gasteiger partial charge in [0.05, 0.1) is 6.61 Å². The smallest absolute Gasteiger partial charge is 0.208 e. The Morgan fingerprint density at radius 3 is 2.83 bits per heavy atom. The van der Waals surface area contributed by atoms with Crippen molar-refractivity contribution < 1.29 is 8.07 Å². The third-order valence-corrected chi connectivity index (χ3v) is 2.49. The molecule has 0 N–H and O–H groups in total. The van der Waals surface area contributed by atoms with E-state index in [1.54, 1.807) is 0 Å². The first-order valence-electron chi connectivity index (χ1n) is 3.48. The van der Waals surface area contributed by atoms with Crippen LogP contribution in [0.1, 0.15) is 5.56 Å². The van der Waals surface area contributed by atoms with Crippen molar-refractivity contribution in [3.63, 3.8) is 0 Å². The molecule has 1 aromatic carbocycles. The van der Waals surface area contributed by atoms with Crippen molar-refractivity contribution in [3.8, 4) is 0 Å². The molecule has 0 aliphatic rings. The average molecular weight is 251 g/mol. The second kappa shape index (κ2) is 5.56. The Labute approximate surface area is 83.9 Å². The molecule has 0 aliphatic carbocycles. The lowest BCUT2D eigenvalue weighted by molar-refractivity contribution is 0.365. The van der Waals surface area contributed by atoms with Gasteiger partial charge in [-0.05, 0) is 18.1 Å². The summed E-state index contributed by atoms with van der Waals surface area (Å²) in [6.07, 6.45) is 0.721. The molecule has 0 fully saturated rings. The molecule has 1 nitrogen and oxygen atoms in total. The van der Waals surface area contributed by atoms with Gasteiger partial charge in [-0.1, -0.05) is 34.1 Å². The maximum Gasteiger partial charge on any atom is 0.208 e. The van der Waals surface area contributed by atoms with Gasteiger partial charge >= 0.3 is 0 Å². The summed E-state index contributed by atoms with van der Waals surface area (Å²) in [5, 5.41) is 0. The molecule has 0 amide bonds. The second-order valence-corrected chi connectivity index (χ2v) is 3.44. The highest BCUT2D eigenvalue weighted by atomic mass is 79.9. The summed E-state index contributed by atoms with van der Waals surface area (Å²) in [6, 6.07) is 7.83. The van der Waals surface area contributed by atoms with E-state index in [9.17, 15) is 3.89 Å². The summed E-state index contributed by atoms with van der Waals surface area (Å²) >= 11 is 3.30. The normalized spacial score (nSPS) is 10.2. The summed E-state index contributed by atoms with van der Waals surface area (Å²) < 4.78 is 17.0. The molecule has 0 heterocycles. The third-order valence-electron chi connectivity index (χ3n) is 1.46. The van der Waals surface area contributed by atoms with Gasteiger partial charge in [0, 0.05) is 4.47 Å². The molecule has 0 unspecified atom stereocenters. The van der Waals surface area contributed by atoms with Crippen LogP contribution in [0, 0.1) is 0 Å². The van der Waals surface area contributed by atoms with E-state index in [1.807, 2.05) is 24.3 Å². The van der Waals surface area contributed by atoms with Crippen molar-refractivity contribution in [2.45, 2.75) is 6.42 Å². The molecule has 0 saturated carbocycles. The molecule has 0 aromatic heterocycles. The average Bonchev–Trinajstić information content (AvgIpc) is 2.09. The minimum Gasteiger partial charge on any atom is -0.287 e. The van der Waals surface area contributed by atoms with Crippen molar-refractivity contribution in [1.29, 1.82) is 0 Å². The summed E-state index contributed by atoms with van der Waals surface area (Å²) in [5.74, 6) is 0. The van der Waals surface area contributed by atoms with E-state index in [1.165, 1.54) is 0 Å². The van der Waals surface area contributed by atoms with Crippen LogP contribution in [0.4, 0.5) is 3.89 Å². The first-order valence-corrected chi connectivity index (χ1v) is 4.91. The van der Waals surface area contributed by atoms with Crippen LogP contribution in [0.3, 0.4) is 0 Å². The van der Waals surface area contributed by atoms with Gasteiger partial charge in [-0.3, -0.25) is 4.18 Å². The molecule has 0 atom stereocenters. The molecule has 0 aliphatic heterocycles. The Morgan fingerprint density at radius 1 is 1.42 bits per heavy atom. The van der Waals surface area contributed by atoms with Gasteiger partial charge in [-0.2, -0.15) is 0 Å². The Bertz CT molecular complexity index is 244. The molecular formula is C8H8BrFOS. The fourth-order valence-electron chi connectivity index (χ4n) is 0.884. The standard InChI is InChI=1S/C8H8BrFOS/c9-8-4-2-1-3-7(8)5-6-11-12-10/h1-4H,5-6H2. The van der Waals surface area contributed by atoms with Gasteiger partial charge in [-0.15, -0.1) is 3.89 Å². The van der Waals surface area contributed by atoms with Crippen molar-refractivity contribution in [2.24, 2.45) is 0 Å². The van der Waals surface area contributed by atoms with Crippen LogP contribution < -0.4 is 0 Å². The predicted molar refractivity (Wildman–Crippen MR) is 52.5 cm³/mol. The minimum atomic E-state index is -0.0886. The fourth-order valence-corrected chi connectivity index (χ4v) is 1.51. The maximum atomic E-state index is 11.5. The number of halogens is 2. The fraction of sp³-hybridized carbons (Fsp3) is 0.250. The predicted octanol–water partition coefficient (Wildman–Crippen LogP) is 3.54. The highest BCUT2D eigenvalue weighted by molar-refractivity contribution is 9.10. The third kappa shape index (κ3) is 3.13. The highest BCUT2D eigenvalue weighted by Crippen LogP contribution is 2.16. The van der Waals surface area contributed by atoms with Gasteiger partial charge in [0.1, 0.15) is 0 Å². The Kier molecular flexibility index (Phi) is 4.65. The molecule has 0 saturated heterocycles. The molecule has 0 bridgehead atoms. The lowest BCUT2D eigenvalue weighted by atomic mass is 10.2. The van der Waals surface area contributed by atoms with Gasteiger partial charge < -0.3 is 0 Å². The highest BCUT2D eigenvalue weighted by Gasteiger charge is 1.97. The van der Waals surface area contributed by atoms with E-state index in [4.69, 9.17) is 0 Å². The van der Waals surface area contributed by atoms with Crippen molar-refractivity contribution in [3.05, 3.63) is 34.3 Å². The van der Waals surface area contributed by atoms with Gasteiger partial charge in [-0.25, -0.2) is 0 Å². The van der Waals surface area contributed by atoms with Gasteiger partial charge in [0.15, 0.2) is 0 Å². The molecule has 4 heteroatoms. The first kappa shape index (κ1) is 10.0. The van der Waals surface area contributed by atoms with E-state index in [0.29, 0.717) is 6.61 Å². The van der Waals surface area contributed by atoms with E-state index in [-0.39, 0.29) is 12.4 Å². The van der Waals surface area contributed by atoms with Crippen LogP contribution in [0.15, 0.2) is 28.7 Å². The molecular weight excluding hydrogens is 243 g/mol.